The van der Waals surface area contributed by atoms with Gasteiger partial charge < -0.3 is 10.0 Å². The molecular formula is C18H21NO2S2. The molecule has 1 aliphatic carbocycles. The number of thiophene rings is 1. The summed E-state index contributed by atoms with van der Waals surface area (Å²) in [4.78, 5) is 15.7. The summed E-state index contributed by atoms with van der Waals surface area (Å²) in [6.45, 7) is 0.725. The monoisotopic (exact) mass is 347 g/mol. The molecule has 1 fully saturated rings. The van der Waals surface area contributed by atoms with Crippen molar-refractivity contribution in [2.45, 2.75) is 31.5 Å². The summed E-state index contributed by atoms with van der Waals surface area (Å²) >= 11 is 3.21. The first-order valence-corrected chi connectivity index (χ1v) is 9.90. The molecule has 5 heteroatoms. The second-order valence-electron chi connectivity index (χ2n) is 5.77. The Kier molecular flexibility index (Phi) is 5.75. The SMILES string of the molecule is O=C(CSCC(O)c1ccccc1)N(Cc1cccs1)C1CC1. The highest BCUT2D eigenvalue weighted by Gasteiger charge is 2.32. The van der Waals surface area contributed by atoms with Gasteiger partial charge in [-0.25, -0.2) is 0 Å². The number of aliphatic hydroxyl groups excluding tert-OH is 1. The van der Waals surface area contributed by atoms with Crippen molar-refractivity contribution in [3.8, 4) is 0 Å². The fourth-order valence-corrected chi connectivity index (χ4v) is 4.07. The number of carbonyl (C=O) groups is 1. The van der Waals surface area contributed by atoms with Crippen LogP contribution in [0.1, 0.15) is 29.4 Å². The minimum Gasteiger partial charge on any atom is -0.388 e. The summed E-state index contributed by atoms with van der Waals surface area (Å²) in [5.41, 5.74) is 0.907. The Morgan fingerprint density at radius 1 is 1.26 bits per heavy atom. The number of rotatable bonds is 8. The van der Waals surface area contributed by atoms with E-state index < -0.39 is 6.10 Å². The van der Waals surface area contributed by atoms with Gasteiger partial charge in [-0.2, -0.15) is 0 Å². The molecule has 23 heavy (non-hydrogen) atoms. The van der Waals surface area contributed by atoms with Gasteiger partial charge in [-0.3, -0.25) is 4.79 Å². The number of amides is 1. The van der Waals surface area contributed by atoms with E-state index in [-0.39, 0.29) is 5.91 Å². The summed E-state index contributed by atoms with van der Waals surface area (Å²) in [6.07, 6.45) is 1.73. The highest BCUT2D eigenvalue weighted by atomic mass is 32.2. The molecule has 1 atom stereocenters. The number of benzene rings is 1. The van der Waals surface area contributed by atoms with Crippen LogP contribution in [-0.4, -0.2) is 33.5 Å². The number of thioether (sulfide) groups is 1. The van der Waals surface area contributed by atoms with Crippen molar-refractivity contribution in [2.24, 2.45) is 0 Å². The smallest absolute Gasteiger partial charge is 0.233 e. The Morgan fingerprint density at radius 2 is 2.04 bits per heavy atom. The fraction of sp³-hybridized carbons (Fsp3) is 0.389. The first-order chi connectivity index (χ1) is 11.2. The molecule has 1 aliphatic rings. The van der Waals surface area contributed by atoms with Crippen LogP contribution in [0.5, 0.6) is 0 Å². The molecule has 3 rings (SSSR count). The number of aliphatic hydroxyl groups is 1. The van der Waals surface area contributed by atoms with Crippen molar-refractivity contribution in [1.29, 1.82) is 0 Å². The average Bonchev–Trinajstić information content (AvgIpc) is 3.29. The van der Waals surface area contributed by atoms with Gasteiger partial charge in [0.05, 0.1) is 18.4 Å². The molecule has 1 heterocycles. The summed E-state index contributed by atoms with van der Waals surface area (Å²) < 4.78 is 0. The molecule has 0 radical (unpaired) electrons. The molecule has 1 amide bonds. The van der Waals surface area contributed by atoms with Crippen molar-refractivity contribution in [3.63, 3.8) is 0 Å². The first-order valence-electron chi connectivity index (χ1n) is 7.86. The molecular weight excluding hydrogens is 326 g/mol. The molecule has 1 aromatic carbocycles. The lowest BCUT2D eigenvalue weighted by atomic mass is 10.1. The predicted octanol–water partition coefficient (Wildman–Crippen LogP) is 3.71. The molecule has 1 aromatic heterocycles. The summed E-state index contributed by atoms with van der Waals surface area (Å²) in [5, 5.41) is 12.2. The van der Waals surface area contributed by atoms with Gasteiger partial charge in [-0.05, 0) is 29.9 Å². The van der Waals surface area contributed by atoms with E-state index in [1.54, 1.807) is 11.3 Å². The van der Waals surface area contributed by atoms with Gasteiger partial charge in [0.2, 0.25) is 5.91 Å². The zero-order chi connectivity index (χ0) is 16.1. The zero-order valence-electron chi connectivity index (χ0n) is 12.9. The van der Waals surface area contributed by atoms with Gasteiger partial charge in [-0.15, -0.1) is 23.1 Å². The van der Waals surface area contributed by atoms with Crippen LogP contribution in [-0.2, 0) is 11.3 Å². The van der Waals surface area contributed by atoms with E-state index >= 15 is 0 Å². The first kappa shape index (κ1) is 16.6. The number of hydrogen-bond donors (Lipinski definition) is 1. The highest BCUT2D eigenvalue weighted by Crippen LogP contribution is 2.30. The van der Waals surface area contributed by atoms with Crippen LogP contribution in [0.3, 0.4) is 0 Å². The van der Waals surface area contributed by atoms with E-state index in [2.05, 4.69) is 11.4 Å². The van der Waals surface area contributed by atoms with E-state index in [4.69, 9.17) is 0 Å². The van der Waals surface area contributed by atoms with E-state index in [0.29, 0.717) is 17.5 Å². The van der Waals surface area contributed by atoms with Crippen LogP contribution in [0, 0.1) is 0 Å². The summed E-state index contributed by atoms with van der Waals surface area (Å²) in [5.74, 6) is 1.17. The van der Waals surface area contributed by atoms with Crippen LogP contribution in [0.2, 0.25) is 0 Å². The van der Waals surface area contributed by atoms with Crippen molar-refractivity contribution in [3.05, 3.63) is 58.3 Å². The van der Waals surface area contributed by atoms with Gasteiger partial charge in [0.15, 0.2) is 0 Å². The maximum atomic E-state index is 12.5. The van der Waals surface area contributed by atoms with E-state index in [0.717, 1.165) is 24.9 Å². The van der Waals surface area contributed by atoms with Gasteiger partial charge in [0.1, 0.15) is 0 Å². The Balaban J connectivity index is 1.47. The second-order valence-corrected chi connectivity index (χ2v) is 7.84. The maximum Gasteiger partial charge on any atom is 0.233 e. The third-order valence-electron chi connectivity index (χ3n) is 3.90. The number of carbonyl (C=O) groups excluding carboxylic acids is 1. The topological polar surface area (TPSA) is 40.5 Å². The van der Waals surface area contributed by atoms with E-state index in [1.165, 1.54) is 16.6 Å². The Bertz CT molecular complexity index is 611. The summed E-state index contributed by atoms with van der Waals surface area (Å²) in [6, 6.07) is 14.1. The third kappa shape index (κ3) is 4.83. The van der Waals surface area contributed by atoms with E-state index in [9.17, 15) is 9.90 Å². The number of hydrogen-bond acceptors (Lipinski definition) is 4. The zero-order valence-corrected chi connectivity index (χ0v) is 14.6. The molecule has 3 nitrogen and oxygen atoms in total. The second kappa shape index (κ2) is 7.99. The van der Waals surface area contributed by atoms with Crippen LogP contribution in [0.25, 0.3) is 0 Å². The average molecular weight is 348 g/mol. The lowest BCUT2D eigenvalue weighted by Gasteiger charge is -2.22. The summed E-state index contributed by atoms with van der Waals surface area (Å²) in [7, 11) is 0. The van der Waals surface area contributed by atoms with Gasteiger partial charge in [0.25, 0.3) is 0 Å². The molecule has 0 saturated heterocycles. The van der Waals surface area contributed by atoms with Crippen molar-refractivity contribution < 1.29 is 9.90 Å². The van der Waals surface area contributed by atoms with Crippen molar-refractivity contribution >= 4 is 29.0 Å². The molecule has 1 unspecified atom stereocenters. The molecule has 0 bridgehead atoms. The molecule has 1 N–H and O–H groups in total. The van der Waals surface area contributed by atoms with Gasteiger partial charge in [-0.1, -0.05) is 36.4 Å². The van der Waals surface area contributed by atoms with Crippen LogP contribution >= 0.6 is 23.1 Å². The van der Waals surface area contributed by atoms with Crippen molar-refractivity contribution in [1.82, 2.24) is 4.90 Å². The molecule has 0 aliphatic heterocycles. The lowest BCUT2D eigenvalue weighted by molar-refractivity contribution is -0.129. The standard InChI is InChI=1S/C18H21NO2S2/c20-17(14-5-2-1-3-6-14)12-22-13-18(21)19(15-8-9-15)11-16-7-4-10-23-16/h1-7,10,15,17,20H,8-9,11-13H2. The number of nitrogens with zero attached hydrogens (tertiary/aromatic N) is 1. The van der Waals surface area contributed by atoms with Crippen LogP contribution in [0.15, 0.2) is 47.8 Å². The molecule has 1 saturated carbocycles. The Morgan fingerprint density at radius 3 is 2.70 bits per heavy atom. The molecule has 0 spiro atoms. The van der Waals surface area contributed by atoms with Gasteiger partial charge in [0, 0.05) is 16.7 Å². The minimum absolute atomic E-state index is 0.186. The fourth-order valence-electron chi connectivity index (χ4n) is 2.49. The maximum absolute atomic E-state index is 12.5. The normalized spacial score (nSPS) is 15.3. The Hall–Kier alpha value is -1.30. The van der Waals surface area contributed by atoms with Crippen LogP contribution in [0.4, 0.5) is 0 Å². The largest absolute Gasteiger partial charge is 0.388 e. The molecule has 2 aromatic rings. The van der Waals surface area contributed by atoms with Crippen LogP contribution < -0.4 is 0 Å². The highest BCUT2D eigenvalue weighted by molar-refractivity contribution is 7.99. The van der Waals surface area contributed by atoms with Crippen molar-refractivity contribution in [2.75, 3.05) is 11.5 Å². The van der Waals surface area contributed by atoms with Gasteiger partial charge >= 0.3 is 0 Å². The predicted molar refractivity (Wildman–Crippen MR) is 96.6 cm³/mol. The van der Waals surface area contributed by atoms with E-state index in [1.807, 2.05) is 41.3 Å². The minimum atomic E-state index is -0.513. The quantitative estimate of drug-likeness (QED) is 0.791. The Labute approximate surface area is 145 Å². The third-order valence-corrected chi connectivity index (χ3v) is 5.76. The lowest BCUT2D eigenvalue weighted by Crippen LogP contribution is -2.33. The molecule has 122 valence electrons.